The summed E-state index contributed by atoms with van der Waals surface area (Å²) < 4.78 is 68.6. The van der Waals surface area contributed by atoms with Crippen molar-refractivity contribution in [3.05, 3.63) is 70.7 Å². The highest BCUT2D eigenvalue weighted by Gasteiger charge is 2.37. The summed E-state index contributed by atoms with van der Waals surface area (Å²) in [6.07, 6.45) is 8.05. The van der Waals surface area contributed by atoms with Gasteiger partial charge in [0.05, 0.1) is 21.9 Å². The Bertz CT molecular complexity index is 1630. The summed E-state index contributed by atoms with van der Waals surface area (Å²) in [4.78, 5) is 11.7. The van der Waals surface area contributed by atoms with E-state index in [2.05, 4.69) is 12.2 Å². The first-order valence-electron chi connectivity index (χ1n) is 13.9. The number of carboxylic acids is 1. The lowest BCUT2D eigenvalue weighted by atomic mass is 9.80. The number of benzene rings is 2. The van der Waals surface area contributed by atoms with Crippen molar-refractivity contribution in [2.75, 3.05) is 22.7 Å². The van der Waals surface area contributed by atoms with Gasteiger partial charge in [0, 0.05) is 29.1 Å². The number of unbranched alkanes of at least 4 members (excludes halogenated alkanes) is 1. The number of hydrogen-bond acceptors (Lipinski definition) is 8. The Hall–Kier alpha value is -2.84. The number of nitrogens with zero attached hydrogens (tertiary/aromatic N) is 1. The van der Waals surface area contributed by atoms with E-state index in [4.69, 9.17) is 0 Å². The summed E-state index contributed by atoms with van der Waals surface area (Å²) in [6.45, 7) is 10.8. The molecule has 0 radical (unpaired) electrons. The van der Waals surface area contributed by atoms with Gasteiger partial charge in [-0.3, -0.25) is 13.9 Å². The van der Waals surface area contributed by atoms with Crippen LogP contribution >= 0.6 is 11.9 Å². The van der Waals surface area contributed by atoms with Crippen molar-refractivity contribution in [1.82, 2.24) is 0 Å². The van der Waals surface area contributed by atoms with Crippen LogP contribution in [0.25, 0.3) is 0 Å². The highest BCUT2D eigenvalue weighted by Crippen LogP contribution is 2.51. The maximum atomic E-state index is 11.9. The fraction of sp³-hybridized carbons (Fsp3) is 0.433. The molecular weight excluding hydrogens is 613 g/mol. The Balaban J connectivity index is 1.96. The van der Waals surface area contributed by atoms with Crippen LogP contribution in [0.1, 0.15) is 71.4 Å². The zero-order valence-electron chi connectivity index (χ0n) is 25.0. The number of rotatable bonds is 13. The van der Waals surface area contributed by atoms with Gasteiger partial charge in [0.25, 0.3) is 20.2 Å². The molecule has 0 unspecified atom stereocenters. The molecule has 0 saturated heterocycles. The lowest BCUT2D eigenvalue weighted by molar-refractivity contribution is -0.136. The summed E-state index contributed by atoms with van der Waals surface area (Å²) in [5.41, 5.74) is 1.66. The highest BCUT2D eigenvalue weighted by molar-refractivity contribution is 8.04. The zero-order valence-corrected chi connectivity index (χ0v) is 27.4. The third-order valence-corrected chi connectivity index (χ3v) is 10.6. The van der Waals surface area contributed by atoms with Crippen LogP contribution in [0.5, 0.6) is 0 Å². The molecule has 0 saturated carbocycles. The van der Waals surface area contributed by atoms with Crippen molar-refractivity contribution in [2.45, 2.75) is 80.9 Å². The maximum absolute atomic E-state index is 11.9. The van der Waals surface area contributed by atoms with Crippen molar-refractivity contribution in [2.24, 2.45) is 0 Å². The Morgan fingerprint density at radius 1 is 1.05 bits per heavy atom. The summed E-state index contributed by atoms with van der Waals surface area (Å²) >= 11 is 1.37. The summed E-state index contributed by atoms with van der Waals surface area (Å²) in [7, 11) is -8.83. The van der Waals surface area contributed by atoms with Gasteiger partial charge in [0.1, 0.15) is 0 Å². The van der Waals surface area contributed by atoms with Gasteiger partial charge < -0.3 is 14.7 Å². The van der Waals surface area contributed by atoms with Gasteiger partial charge in [-0.25, -0.2) is 0 Å². The molecule has 4 N–H and O–H groups in total. The Morgan fingerprint density at radius 2 is 1.67 bits per heavy atom. The molecule has 43 heavy (non-hydrogen) atoms. The summed E-state index contributed by atoms with van der Waals surface area (Å²) in [5.74, 6) is -0.962. The summed E-state index contributed by atoms with van der Waals surface area (Å²) in [5, 5.41) is 12.6. The molecule has 1 aliphatic heterocycles. The Labute approximate surface area is 258 Å². The molecule has 2 aromatic carbocycles. The minimum Gasteiger partial charge on any atom is -0.481 e. The molecule has 0 spiro atoms. The molecule has 10 nitrogen and oxygen atoms in total. The van der Waals surface area contributed by atoms with Gasteiger partial charge in [0.15, 0.2) is 0 Å². The lowest BCUT2D eigenvalue weighted by Crippen LogP contribution is -2.32. The molecule has 0 atom stereocenters. The molecule has 2 aromatic rings. The number of anilines is 2. The Morgan fingerprint density at radius 3 is 2.28 bits per heavy atom. The van der Waals surface area contributed by atoms with E-state index < -0.39 is 37.0 Å². The molecule has 1 heterocycles. The fourth-order valence-corrected chi connectivity index (χ4v) is 7.01. The predicted octanol–water partition coefficient (Wildman–Crippen LogP) is 6.42. The molecule has 0 fully saturated rings. The van der Waals surface area contributed by atoms with Gasteiger partial charge in [-0.2, -0.15) is 16.8 Å². The largest absolute Gasteiger partial charge is 0.481 e. The first kappa shape index (κ1) is 34.6. The standard InChI is InChI=1S/C30H40N2O8S3/c1-6-7-17-31-25-13-11-21(42(35,36)37)19-23(25)29(2,3)16-9-8-10-27-30(4,5)24-20-22(43(38,39)40)12-14-26(24)32(41-27)18-15-28(33)34/h8-14,19-20,31H,6-7,15-18H2,1-5H3,(H,33,34)(H,35,36,37)(H,38,39,40)/b9-8+,27-10+. The quantitative estimate of drug-likeness (QED) is 0.107. The average Bonchev–Trinajstić information content (AvgIpc) is 2.90. The molecule has 0 aliphatic carbocycles. The first-order chi connectivity index (χ1) is 19.9. The van der Waals surface area contributed by atoms with E-state index in [1.165, 1.54) is 36.2 Å². The molecule has 3 rings (SSSR count). The second-order valence-corrected chi connectivity index (χ2v) is 15.5. The smallest absolute Gasteiger partial charge is 0.305 e. The van der Waals surface area contributed by atoms with Crippen LogP contribution in [0.3, 0.4) is 0 Å². The minimum absolute atomic E-state index is 0.124. The third-order valence-electron chi connectivity index (χ3n) is 7.44. The predicted molar refractivity (Wildman–Crippen MR) is 171 cm³/mol. The molecule has 0 aromatic heterocycles. The highest BCUT2D eigenvalue weighted by atomic mass is 32.2. The van der Waals surface area contributed by atoms with Crippen molar-refractivity contribution in [3.8, 4) is 0 Å². The zero-order chi connectivity index (χ0) is 32.2. The molecule has 236 valence electrons. The molecule has 1 aliphatic rings. The number of carboxylic acid groups (broad SMARTS) is 1. The van der Waals surface area contributed by atoms with Crippen LogP contribution in [0.4, 0.5) is 11.4 Å². The monoisotopic (exact) mass is 652 g/mol. The van der Waals surface area contributed by atoms with E-state index >= 15 is 0 Å². The van der Waals surface area contributed by atoms with E-state index in [1.54, 1.807) is 16.4 Å². The number of carbonyl (C=O) groups is 1. The van der Waals surface area contributed by atoms with Crippen molar-refractivity contribution in [3.63, 3.8) is 0 Å². The van der Waals surface area contributed by atoms with Crippen LogP contribution in [-0.4, -0.2) is 50.1 Å². The second kappa shape index (κ2) is 13.4. The molecule has 0 bridgehead atoms. The van der Waals surface area contributed by atoms with Crippen LogP contribution in [-0.2, 0) is 35.9 Å². The van der Waals surface area contributed by atoms with E-state index in [0.717, 1.165) is 35.5 Å². The van der Waals surface area contributed by atoms with Crippen molar-refractivity contribution >= 4 is 49.5 Å². The number of allylic oxidation sites excluding steroid dienone is 4. The SMILES string of the molecule is CCCCNc1ccc(S(=O)(=O)O)cc1C(C)(C)C/C=C/C=C1/SN(CCC(=O)O)c2ccc(S(=O)(=O)O)cc2C1(C)C. The van der Waals surface area contributed by atoms with Gasteiger partial charge in [0.2, 0.25) is 0 Å². The third kappa shape index (κ3) is 8.63. The van der Waals surface area contributed by atoms with Crippen LogP contribution in [0.2, 0.25) is 0 Å². The minimum atomic E-state index is -4.45. The van der Waals surface area contributed by atoms with Crippen LogP contribution < -0.4 is 9.62 Å². The topological polar surface area (TPSA) is 161 Å². The van der Waals surface area contributed by atoms with E-state index in [0.29, 0.717) is 17.7 Å². The number of aliphatic carboxylic acids is 1. The fourth-order valence-electron chi connectivity index (χ4n) is 4.84. The second-order valence-electron chi connectivity index (χ2n) is 11.6. The van der Waals surface area contributed by atoms with Gasteiger partial charge in [-0.05, 0) is 77.7 Å². The van der Waals surface area contributed by atoms with Crippen LogP contribution in [0, 0.1) is 0 Å². The van der Waals surface area contributed by atoms with E-state index in [-0.39, 0.29) is 22.8 Å². The summed E-state index contributed by atoms with van der Waals surface area (Å²) in [6, 6.07) is 8.86. The molecule has 13 heteroatoms. The van der Waals surface area contributed by atoms with E-state index in [1.807, 2.05) is 45.9 Å². The van der Waals surface area contributed by atoms with E-state index in [9.17, 15) is 35.8 Å². The average molecular weight is 653 g/mol. The number of fused-ring (bicyclic) bond motifs is 1. The van der Waals surface area contributed by atoms with Crippen molar-refractivity contribution in [1.29, 1.82) is 0 Å². The normalized spacial score (nSPS) is 16.4. The maximum Gasteiger partial charge on any atom is 0.305 e. The van der Waals surface area contributed by atoms with Crippen molar-refractivity contribution < 1.29 is 35.8 Å². The first-order valence-corrected chi connectivity index (χ1v) is 17.6. The molecule has 0 amide bonds. The van der Waals surface area contributed by atoms with Crippen LogP contribution in [0.15, 0.2) is 69.3 Å². The van der Waals surface area contributed by atoms with Gasteiger partial charge >= 0.3 is 5.97 Å². The lowest BCUT2D eigenvalue weighted by Gasteiger charge is -2.41. The van der Waals surface area contributed by atoms with Gasteiger partial charge in [-0.15, -0.1) is 0 Å². The number of nitrogens with one attached hydrogen (secondary N) is 1. The van der Waals surface area contributed by atoms with Gasteiger partial charge in [-0.1, -0.05) is 59.3 Å². The number of hydrogen-bond donors (Lipinski definition) is 4. The Kier molecular flexibility index (Phi) is 10.8. The molecular formula is C30H40N2O8S3.